The van der Waals surface area contributed by atoms with Gasteiger partial charge in [0.15, 0.2) is 5.84 Å². The molecule has 0 aromatic heterocycles. The second kappa shape index (κ2) is 7.90. The van der Waals surface area contributed by atoms with E-state index in [0.29, 0.717) is 6.67 Å². The van der Waals surface area contributed by atoms with Crippen LogP contribution >= 0.6 is 0 Å². The summed E-state index contributed by atoms with van der Waals surface area (Å²) in [5.41, 5.74) is 3.71. The topological polar surface area (TPSA) is 22.1 Å². The van der Waals surface area contributed by atoms with Gasteiger partial charge in [-0.2, -0.15) is 5.10 Å². The molecule has 0 spiro atoms. The van der Waals surface area contributed by atoms with Crippen molar-refractivity contribution in [1.29, 1.82) is 0 Å². The van der Waals surface area contributed by atoms with Crippen LogP contribution in [0.1, 0.15) is 44.1 Å². The molecule has 4 aliphatic carbocycles. The number of amidine groups is 1. The van der Waals surface area contributed by atoms with Crippen molar-refractivity contribution in [3.63, 3.8) is 0 Å². The zero-order valence-electron chi connectivity index (χ0n) is 19.6. The third-order valence-electron chi connectivity index (χ3n) is 8.52. The predicted molar refractivity (Wildman–Crippen MR) is 138 cm³/mol. The fraction of sp³-hybridized carbons (Fsp3) is 0.367. The summed E-state index contributed by atoms with van der Waals surface area (Å²) in [6, 6.07) is 32.4. The number of benzene rings is 3. The average Bonchev–Trinajstić information content (AvgIpc) is 2.89. The summed E-state index contributed by atoms with van der Waals surface area (Å²) < 4.78 is 0. The molecular weight excluding hydrogens is 416 g/mol. The zero-order chi connectivity index (χ0) is 22.5. The zero-order valence-corrected chi connectivity index (χ0v) is 19.6. The third-order valence-corrected chi connectivity index (χ3v) is 8.52. The van der Waals surface area contributed by atoms with Crippen LogP contribution in [0, 0.1) is 17.8 Å². The Kier molecular flexibility index (Phi) is 4.68. The maximum atomic E-state index is 5.37. The van der Waals surface area contributed by atoms with Crippen LogP contribution in [-0.2, 0) is 0 Å². The van der Waals surface area contributed by atoms with Crippen molar-refractivity contribution in [1.82, 2.24) is 5.01 Å². The van der Waals surface area contributed by atoms with E-state index >= 15 is 0 Å². The van der Waals surface area contributed by atoms with Gasteiger partial charge in [-0.25, -0.2) is 5.01 Å². The van der Waals surface area contributed by atoms with Crippen LogP contribution in [0.5, 0.6) is 0 Å². The lowest BCUT2D eigenvalue weighted by Crippen LogP contribution is -2.69. The molecular formula is C30H32N4. The van der Waals surface area contributed by atoms with Gasteiger partial charge in [0.2, 0.25) is 0 Å². The molecule has 172 valence electrons. The van der Waals surface area contributed by atoms with Gasteiger partial charge in [-0.15, -0.1) is 0 Å². The number of hydrogen-bond donors (Lipinski definition) is 0. The highest BCUT2D eigenvalue weighted by atomic mass is 15.8. The van der Waals surface area contributed by atoms with Gasteiger partial charge in [0.05, 0.1) is 16.9 Å². The molecule has 0 radical (unpaired) electrons. The molecule has 4 bridgehead atoms. The van der Waals surface area contributed by atoms with E-state index in [-0.39, 0.29) is 5.54 Å². The van der Waals surface area contributed by atoms with E-state index in [0.717, 1.165) is 29.3 Å². The Morgan fingerprint density at radius 2 is 1.12 bits per heavy atom. The van der Waals surface area contributed by atoms with Gasteiger partial charge < -0.3 is 0 Å². The highest BCUT2D eigenvalue weighted by Crippen LogP contribution is 2.58. The summed E-state index contributed by atoms with van der Waals surface area (Å²) in [5.74, 6) is 3.69. The monoisotopic (exact) mass is 448 g/mol. The molecule has 0 saturated heterocycles. The van der Waals surface area contributed by atoms with E-state index in [1.807, 2.05) is 0 Å². The Labute approximate surface area is 202 Å². The Morgan fingerprint density at radius 1 is 0.618 bits per heavy atom. The van der Waals surface area contributed by atoms with Gasteiger partial charge in [-0.1, -0.05) is 66.7 Å². The average molecular weight is 449 g/mol. The smallest absolute Gasteiger partial charge is 0.175 e. The molecule has 4 saturated carbocycles. The van der Waals surface area contributed by atoms with Crippen LogP contribution in [0.2, 0.25) is 0 Å². The van der Waals surface area contributed by atoms with Gasteiger partial charge in [-0.05, 0) is 80.5 Å². The Hall–Kier alpha value is -3.27. The molecule has 4 fully saturated rings. The number of hydrazone groups is 1. The summed E-state index contributed by atoms with van der Waals surface area (Å²) >= 11 is 0. The molecule has 0 atom stereocenters. The number of anilines is 2. The summed E-state index contributed by atoms with van der Waals surface area (Å²) in [7, 11) is 0. The predicted octanol–water partition coefficient (Wildman–Crippen LogP) is 6.52. The van der Waals surface area contributed by atoms with Gasteiger partial charge in [0.1, 0.15) is 6.67 Å². The van der Waals surface area contributed by atoms with Crippen molar-refractivity contribution in [2.45, 2.75) is 44.1 Å². The van der Waals surface area contributed by atoms with Crippen molar-refractivity contribution in [2.24, 2.45) is 22.9 Å². The largest absolute Gasteiger partial charge is 0.262 e. The van der Waals surface area contributed by atoms with Crippen LogP contribution < -0.4 is 10.0 Å². The maximum absolute atomic E-state index is 5.37. The van der Waals surface area contributed by atoms with Crippen LogP contribution in [0.25, 0.3) is 0 Å². The highest BCUT2D eigenvalue weighted by molar-refractivity contribution is 6.01. The highest BCUT2D eigenvalue weighted by Gasteiger charge is 2.56. The lowest BCUT2D eigenvalue weighted by molar-refractivity contribution is -0.0670. The van der Waals surface area contributed by atoms with Crippen LogP contribution in [0.15, 0.2) is 96.1 Å². The minimum atomic E-state index is 0.155. The Morgan fingerprint density at radius 3 is 1.68 bits per heavy atom. The number of hydrazine groups is 1. The molecule has 0 unspecified atom stereocenters. The second-order valence-corrected chi connectivity index (χ2v) is 10.9. The molecule has 34 heavy (non-hydrogen) atoms. The van der Waals surface area contributed by atoms with Gasteiger partial charge >= 0.3 is 0 Å². The molecule has 0 amide bonds. The number of nitrogens with zero attached hydrogens (tertiary/aromatic N) is 4. The Balaban J connectivity index is 1.41. The summed E-state index contributed by atoms with van der Waals surface area (Å²) in [4.78, 5) is 0. The number of rotatable bonds is 4. The molecule has 4 nitrogen and oxygen atoms in total. The third kappa shape index (κ3) is 3.31. The summed E-state index contributed by atoms with van der Waals surface area (Å²) in [6.45, 7) is 0.714. The van der Waals surface area contributed by atoms with Crippen molar-refractivity contribution in [3.8, 4) is 0 Å². The van der Waals surface area contributed by atoms with Crippen molar-refractivity contribution >= 4 is 17.2 Å². The van der Waals surface area contributed by atoms with E-state index in [4.69, 9.17) is 5.10 Å². The second-order valence-electron chi connectivity index (χ2n) is 10.9. The lowest BCUT2D eigenvalue weighted by atomic mass is 9.52. The maximum Gasteiger partial charge on any atom is 0.175 e. The minimum absolute atomic E-state index is 0.155. The fourth-order valence-electron chi connectivity index (χ4n) is 7.60. The molecule has 4 heteroatoms. The summed E-state index contributed by atoms with van der Waals surface area (Å²) in [5, 5.41) is 12.7. The number of para-hydroxylation sites is 2. The molecule has 1 heterocycles. The molecule has 3 aromatic carbocycles. The summed E-state index contributed by atoms with van der Waals surface area (Å²) in [6.07, 6.45) is 8.18. The van der Waals surface area contributed by atoms with Crippen molar-refractivity contribution < 1.29 is 0 Å². The molecule has 3 aromatic rings. The van der Waals surface area contributed by atoms with Crippen LogP contribution in [-0.4, -0.2) is 23.1 Å². The van der Waals surface area contributed by atoms with E-state index in [1.165, 1.54) is 49.8 Å². The molecule has 1 aliphatic heterocycles. The first kappa shape index (κ1) is 20.1. The number of hydrogen-bond acceptors (Lipinski definition) is 4. The minimum Gasteiger partial charge on any atom is -0.262 e. The first-order chi connectivity index (χ1) is 16.8. The van der Waals surface area contributed by atoms with E-state index in [9.17, 15) is 0 Å². The first-order valence-electron chi connectivity index (χ1n) is 12.9. The Bertz CT molecular complexity index is 1140. The molecule has 0 N–H and O–H groups in total. The lowest BCUT2D eigenvalue weighted by Gasteiger charge is -2.63. The van der Waals surface area contributed by atoms with Crippen molar-refractivity contribution in [2.75, 3.05) is 16.7 Å². The fourth-order valence-corrected chi connectivity index (χ4v) is 7.60. The molecule has 5 aliphatic rings. The SMILES string of the molecule is c1ccc(C2=NN(c3ccccc3)CN(c3ccccc3)N2C23CC4CC(CC(C4)C2)C3)cc1. The van der Waals surface area contributed by atoms with Gasteiger partial charge in [-0.3, -0.25) is 10.0 Å². The van der Waals surface area contributed by atoms with Crippen LogP contribution in [0.3, 0.4) is 0 Å². The van der Waals surface area contributed by atoms with Crippen LogP contribution in [0.4, 0.5) is 11.4 Å². The van der Waals surface area contributed by atoms with Crippen molar-refractivity contribution in [3.05, 3.63) is 96.6 Å². The standard InChI is InChI=1S/C30H32N4/c1-4-10-26(11-5-1)29-31-32(27-12-6-2-7-13-27)22-33(28-14-8-3-9-15-28)34(29)30-19-23-16-24(20-30)18-25(17-23)21-30/h1-15,23-25H,16-22H2. The van der Waals surface area contributed by atoms with Gasteiger partial charge in [0, 0.05) is 5.56 Å². The normalized spacial score (nSPS) is 29.9. The van der Waals surface area contributed by atoms with E-state index in [2.05, 4.69) is 106 Å². The van der Waals surface area contributed by atoms with E-state index in [1.54, 1.807) is 0 Å². The first-order valence-corrected chi connectivity index (χ1v) is 12.9. The van der Waals surface area contributed by atoms with Gasteiger partial charge in [0.25, 0.3) is 0 Å². The molecule has 8 rings (SSSR count). The van der Waals surface area contributed by atoms with E-state index < -0.39 is 0 Å². The quantitative estimate of drug-likeness (QED) is 0.454.